The van der Waals surface area contributed by atoms with Crippen LogP contribution in [0.15, 0.2) is 24.3 Å². The molecule has 1 aliphatic rings. The molecule has 18 heavy (non-hydrogen) atoms. The van der Waals surface area contributed by atoms with Gasteiger partial charge in [-0.3, -0.25) is 4.79 Å². The molecule has 1 saturated heterocycles. The van der Waals surface area contributed by atoms with Crippen LogP contribution in [0.25, 0.3) is 0 Å². The van der Waals surface area contributed by atoms with Crippen LogP contribution in [0.5, 0.6) is 0 Å². The Hall–Kier alpha value is -1.43. The Kier molecular flexibility index (Phi) is 3.38. The molecule has 4 nitrogen and oxygen atoms in total. The smallest absolute Gasteiger partial charge is 0.302 e. The summed E-state index contributed by atoms with van der Waals surface area (Å²) in [7, 11) is -4.52. The molecule has 98 valence electrons. The molecule has 0 bridgehead atoms. The van der Waals surface area contributed by atoms with Crippen molar-refractivity contribution >= 4 is 21.8 Å². The lowest BCUT2D eigenvalue weighted by molar-refractivity contribution is -0.117. The summed E-state index contributed by atoms with van der Waals surface area (Å²) in [6.07, 6.45) is 0.0804. The summed E-state index contributed by atoms with van der Waals surface area (Å²) in [6, 6.07) is 7.36. The zero-order valence-corrected chi connectivity index (χ0v) is 10.8. The van der Waals surface area contributed by atoms with Crippen LogP contribution in [0.2, 0.25) is 0 Å². The first kappa shape index (κ1) is 13.0. The van der Waals surface area contributed by atoms with Crippen LogP contribution >= 0.6 is 0 Å². The van der Waals surface area contributed by atoms with Crippen molar-refractivity contribution in [3.05, 3.63) is 29.8 Å². The topological polar surface area (TPSA) is 54.5 Å². The summed E-state index contributed by atoms with van der Waals surface area (Å²) in [5.74, 6) is -1.21. The van der Waals surface area contributed by atoms with Gasteiger partial charge in [-0.1, -0.05) is 17.7 Å². The highest BCUT2D eigenvalue weighted by atomic mass is 32.3. The van der Waals surface area contributed by atoms with Crippen molar-refractivity contribution in [1.82, 2.24) is 0 Å². The van der Waals surface area contributed by atoms with Gasteiger partial charge in [0.25, 0.3) is 0 Å². The minimum absolute atomic E-state index is 0.0804. The third kappa shape index (κ3) is 3.07. The number of hydrogen-bond acceptors (Lipinski definition) is 3. The first-order chi connectivity index (χ1) is 8.35. The van der Waals surface area contributed by atoms with E-state index in [4.69, 9.17) is 0 Å². The highest BCUT2D eigenvalue weighted by molar-refractivity contribution is 7.86. The fraction of sp³-hybridized carbons (Fsp3) is 0.417. The van der Waals surface area contributed by atoms with Crippen LogP contribution in [-0.4, -0.2) is 26.6 Å². The van der Waals surface area contributed by atoms with E-state index in [9.17, 15) is 17.1 Å². The average molecular weight is 271 g/mol. The van der Waals surface area contributed by atoms with E-state index in [1.807, 2.05) is 19.1 Å². The average Bonchev–Trinajstić information content (AvgIpc) is 2.58. The zero-order valence-electron chi connectivity index (χ0n) is 9.97. The maximum absolute atomic E-state index is 12.6. The highest BCUT2D eigenvalue weighted by Gasteiger charge is 2.33. The first-order valence-electron chi connectivity index (χ1n) is 5.64. The summed E-state index contributed by atoms with van der Waals surface area (Å²) >= 11 is 0. The number of carbonyl (C=O) groups is 1. The normalized spacial score (nSPS) is 20.4. The third-order valence-corrected chi connectivity index (χ3v) is 3.86. The van der Waals surface area contributed by atoms with E-state index >= 15 is 0 Å². The molecule has 6 heteroatoms. The van der Waals surface area contributed by atoms with E-state index in [0.29, 0.717) is 0 Å². The third-order valence-electron chi connectivity index (χ3n) is 2.99. The van der Waals surface area contributed by atoms with E-state index in [1.165, 1.54) is 4.90 Å². The number of hydrogen-bond donors (Lipinski definition) is 0. The Bertz CT molecular complexity index is 553. The van der Waals surface area contributed by atoms with E-state index in [0.717, 1.165) is 11.3 Å². The Labute approximate surface area is 106 Å². The van der Waals surface area contributed by atoms with Gasteiger partial charge in [0.2, 0.25) is 5.91 Å². The van der Waals surface area contributed by atoms with Crippen molar-refractivity contribution in [2.45, 2.75) is 13.3 Å². The first-order valence-corrected chi connectivity index (χ1v) is 7.20. The molecule has 2 rings (SSSR count). The predicted octanol–water partition coefficient (Wildman–Crippen LogP) is 1.65. The molecule has 0 saturated carbocycles. The maximum Gasteiger partial charge on any atom is 0.302 e. The molecule has 1 aliphatic heterocycles. The monoisotopic (exact) mass is 271 g/mol. The fourth-order valence-corrected chi connectivity index (χ4v) is 2.94. The van der Waals surface area contributed by atoms with Gasteiger partial charge in [0, 0.05) is 24.6 Å². The Balaban J connectivity index is 2.12. The lowest BCUT2D eigenvalue weighted by Crippen LogP contribution is -2.25. The van der Waals surface area contributed by atoms with Gasteiger partial charge in [-0.25, -0.2) is 0 Å². The molecule has 0 spiro atoms. The van der Waals surface area contributed by atoms with Crippen LogP contribution in [0.3, 0.4) is 0 Å². The molecule has 1 unspecified atom stereocenters. The molecule has 1 fully saturated rings. The maximum atomic E-state index is 12.6. The summed E-state index contributed by atoms with van der Waals surface area (Å²) < 4.78 is 33.8. The van der Waals surface area contributed by atoms with Gasteiger partial charge < -0.3 is 4.90 Å². The number of rotatable bonds is 3. The van der Waals surface area contributed by atoms with Crippen LogP contribution in [0.4, 0.5) is 9.57 Å². The number of benzene rings is 1. The minimum Gasteiger partial charge on any atom is -0.312 e. The van der Waals surface area contributed by atoms with Crippen molar-refractivity contribution in [1.29, 1.82) is 0 Å². The molecular weight excluding hydrogens is 257 g/mol. The second kappa shape index (κ2) is 4.68. The Morgan fingerprint density at radius 1 is 1.33 bits per heavy atom. The minimum atomic E-state index is -4.52. The number of nitrogens with zero attached hydrogens (tertiary/aromatic N) is 1. The van der Waals surface area contributed by atoms with E-state index < -0.39 is 21.9 Å². The quantitative estimate of drug-likeness (QED) is 0.785. The van der Waals surface area contributed by atoms with Crippen LogP contribution < -0.4 is 4.90 Å². The van der Waals surface area contributed by atoms with Gasteiger partial charge >= 0.3 is 10.2 Å². The predicted molar refractivity (Wildman–Crippen MR) is 66.5 cm³/mol. The summed E-state index contributed by atoms with van der Waals surface area (Å²) in [5.41, 5.74) is 1.80. The Morgan fingerprint density at radius 3 is 2.50 bits per heavy atom. The lowest BCUT2D eigenvalue weighted by Gasteiger charge is -2.16. The number of amides is 1. The second-order valence-corrected chi connectivity index (χ2v) is 6.03. The van der Waals surface area contributed by atoms with E-state index in [1.54, 1.807) is 12.1 Å². The molecule has 0 N–H and O–H groups in total. The zero-order chi connectivity index (χ0) is 13.3. The molecule has 1 heterocycles. The van der Waals surface area contributed by atoms with Gasteiger partial charge in [-0.05, 0) is 19.1 Å². The summed E-state index contributed by atoms with van der Waals surface area (Å²) in [6.45, 7) is 2.19. The molecule has 0 aliphatic carbocycles. The van der Waals surface area contributed by atoms with Crippen molar-refractivity contribution in [2.24, 2.45) is 5.92 Å². The summed E-state index contributed by atoms with van der Waals surface area (Å²) in [4.78, 5) is 13.3. The molecule has 0 radical (unpaired) electrons. The molecular formula is C12H14FNO3S. The van der Waals surface area contributed by atoms with Gasteiger partial charge in [0.05, 0.1) is 5.75 Å². The fourth-order valence-electron chi connectivity index (χ4n) is 2.15. The standard InChI is InChI=1S/C12H14FNO3S/c1-9-2-4-11(5-3-9)14-7-10(6-12(14)15)8-18(13,16)17/h2-5,10H,6-8H2,1H3. The van der Waals surface area contributed by atoms with E-state index in [-0.39, 0.29) is 18.9 Å². The van der Waals surface area contributed by atoms with Gasteiger partial charge in [-0.15, -0.1) is 3.89 Å². The van der Waals surface area contributed by atoms with Crippen LogP contribution in [-0.2, 0) is 15.0 Å². The second-order valence-electron chi connectivity index (χ2n) is 4.62. The van der Waals surface area contributed by atoms with Crippen molar-refractivity contribution < 1.29 is 17.1 Å². The van der Waals surface area contributed by atoms with Crippen molar-refractivity contribution in [2.75, 3.05) is 17.2 Å². The van der Waals surface area contributed by atoms with Crippen molar-refractivity contribution in [3.8, 4) is 0 Å². The van der Waals surface area contributed by atoms with E-state index in [2.05, 4.69) is 0 Å². The summed E-state index contributed by atoms with van der Waals surface area (Å²) in [5, 5.41) is 0. The van der Waals surface area contributed by atoms with Gasteiger partial charge in [-0.2, -0.15) is 8.42 Å². The number of aryl methyl sites for hydroxylation is 1. The number of halogens is 1. The number of carbonyl (C=O) groups excluding carboxylic acids is 1. The van der Waals surface area contributed by atoms with Crippen LogP contribution in [0, 0.1) is 12.8 Å². The van der Waals surface area contributed by atoms with Crippen molar-refractivity contribution in [3.63, 3.8) is 0 Å². The SMILES string of the molecule is Cc1ccc(N2CC(CS(=O)(=O)F)CC2=O)cc1. The number of anilines is 1. The van der Waals surface area contributed by atoms with Gasteiger partial charge in [0.1, 0.15) is 0 Å². The van der Waals surface area contributed by atoms with Crippen LogP contribution in [0.1, 0.15) is 12.0 Å². The Morgan fingerprint density at radius 2 is 1.94 bits per heavy atom. The molecule has 1 amide bonds. The lowest BCUT2D eigenvalue weighted by atomic mass is 10.1. The molecule has 1 aromatic carbocycles. The largest absolute Gasteiger partial charge is 0.312 e. The van der Waals surface area contributed by atoms with Gasteiger partial charge in [0.15, 0.2) is 0 Å². The highest BCUT2D eigenvalue weighted by Crippen LogP contribution is 2.26. The molecule has 0 aromatic heterocycles. The molecule has 1 atom stereocenters. The molecule has 1 aromatic rings.